The van der Waals surface area contributed by atoms with Crippen LogP contribution >= 0.6 is 22.9 Å². The summed E-state index contributed by atoms with van der Waals surface area (Å²) >= 11 is 7.39. The van der Waals surface area contributed by atoms with Crippen molar-refractivity contribution in [3.8, 4) is 0 Å². The molecule has 2 heterocycles. The molecule has 4 rings (SSSR count). The second-order valence-electron chi connectivity index (χ2n) is 7.51. The average Bonchev–Trinajstić information content (AvgIpc) is 3.10. The summed E-state index contributed by atoms with van der Waals surface area (Å²) in [5.41, 5.74) is 3.87. The van der Waals surface area contributed by atoms with Gasteiger partial charge in [0, 0.05) is 29.6 Å². The Morgan fingerprint density at radius 1 is 1.14 bits per heavy atom. The van der Waals surface area contributed by atoms with Crippen molar-refractivity contribution in [1.82, 2.24) is 9.88 Å². The van der Waals surface area contributed by atoms with E-state index in [1.807, 2.05) is 6.92 Å². The predicted molar refractivity (Wildman–Crippen MR) is 118 cm³/mol. The number of aromatic nitrogens is 1. The van der Waals surface area contributed by atoms with Gasteiger partial charge in [0.25, 0.3) is 5.91 Å². The van der Waals surface area contributed by atoms with Crippen LogP contribution in [-0.2, 0) is 4.79 Å². The number of carbonyl (C=O) groups excluding carboxylic acids is 2. The zero-order valence-corrected chi connectivity index (χ0v) is 17.9. The number of nitrogens with zero attached hydrogens (tertiary/aromatic N) is 2. The number of carbonyl (C=O) groups is 2. The van der Waals surface area contributed by atoms with Gasteiger partial charge in [-0.3, -0.25) is 9.59 Å². The van der Waals surface area contributed by atoms with Gasteiger partial charge in [0.05, 0.1) is 10.2 Å². The summed E-state index contributed by atoms with van der Waals surface area (Å²) in [6.45, 7) is 5.23. The molecule has 2 amide bonds. The molecule has 0 atom stereocenters. The Morgan fingerprint density at radius 2 is 1.83 bits per heavy atom. The van der Waals surface area contributed by atoms with Gasteiger partial charge in [0.2, 0.25) is 5.91 Å². The van der Waals surface area contributed by atoms with E-state index in [-0.39, 0.29) is 17.7 Å². The number of anilines is 1. The molecule has 0 saturated carbocycles. The van der Waals surface area contributed by atoms with Crippen LogP contribution in [0.2, 0.25) is 5.02 Å². The third kappa shape index (κ3) is 4.28. The molecule has 2 aromatic carbocycles. The first kappa shape index (κ1) is 19.9. The van der Waals surface area contributed by atoms with Crippen LogP contribution in [0.4, 0.5) is 5.13 Å². The number of hydrogen-bond donors (Lipinski definition) is 1. The highest BCUT2D eigenvalue weighted by Crippen LogP contribution is 2.30. The van der Waals surface area contributed by atoms with Crippen molar-refractivity contribution in [1.29, 1.82) is 0 Å². The van der Waals surface area contributed by atoms with Gasteiger partial charge >= 0.3 is 0 Å². The van der Waals surface area contributed by atoms with Crippen molar-refractivity contribution in [2.45, 2.75) is 26.7 Å². The van der Waals surface area contributed by atoms with Crippen molar-refractivity contribution in [2.75, 3.05) is 18.4 Å². The number of aryl methyl sites for hydroxylation is 2. The maximum Gasteiger partial charge on any atom is 0.253 e. The Hall–Kier alpha value is -2.44. The van der Waals surface area contributed by atoms with Crippen molar-refractivity contribution >= 4 is 50.1 Å². The average molecular weight is 428 g/mol. The van der Waals surface area contributed by atoms with Crippen LogP contribution < -0.4 is 5.32 Å². The van der Waals surface area contributed by atoms with Gasteiger partial charge in [-0.25, -0.2) is 4.98 Å². The largest absolute Gasteiger partial charge is 0.339 e. The highest BCUT2D eigenvalue weighted by Gasteiger charge is 2.28. The standard InChI is InChI=1S/C22H22ClN3O2S/c1-13-11-14(2)19-18(12-13)29-22(24-19)25-20(27)15-7-9-26(10-8-15)21(28)16-3-5-17(23)6-4-16/h3-6,11-12,15H,7-10H2,1-2H3,(H,24,25,27). The monoisotopic (exact) mass is 427 g/mol. The van der Waals surface area contributed by atoms with Gasteiger partial charge in [-0.1, -0.05) is 29.0 Å². The Morgan fingerprint density at radius 3 is 2.52 bits per heavy atom. The predicted octanol–water partition coefficient (Wildman–Crippen LogP) is 5.06. The number of piperidine rings is 1. The number of thiazole rings is 1. The highest BCUT2D eigenvalue weighted by atomic mass is 35.5. The van der Waals surface area contributed by atoms with Gasteiger partial charge in [-0.05, 0) is 68.1 Å². The molecular formula is C22H22ClN3O2S. The smallest absolute Gasteiger partial charge is 0.253 e. The second kappa shape index (κ2) is 8.13. The number of fused-ring (bicyclic) bond motifs is 1. The number of nitrogens with one attached hydrogen (secondary N) is 1. The summed E-state index contributed by atoms with van der Waals surface area (Å²) in [4.78, 5) is 31.7. The molecule has 1 fully saturated rings. The number of likely N-dealkylation sites (tertiary alicyclic amines) is 1. The quantitative estimate of drug-likeness (QED) is 0.635. The van der Waals surface area contributed by atoms with Crippen LogP contribution in [-0.4, -0.2) is 34.8 Å². The molecule has 0 spiro atoms. The van der Waals surface area contributed by atoms with E-state index in [1.54, 1.807) is 29.2 Å². The minimum absolute atomic E-state index is 0.0162. The Kier molecular flexibility index (Phi) is 5.56. The van der Waals surface area contributed by atoms with E-state index in [0.717, 1.165) is 15.8 Å². The van der Waals surface area contributed by atoms with Crippen LogP contribution in [0.3, 0.4) is 0 Å². The molecule has 0 aliphatic carbocycles. The summed E-state index contributed by atoms with van der Waals surface area (Å²) in [6, 6.07) is 11.1. The normalized spacial score (nSPS) is 14.9. The zero-order valence-electron chi connectivity index (χ0n) is 16.4. The first-order valence-corrected chi connectivity index (χ1v) is 10.8. The number of halogens is 1. The van der Waals surface area contributed by atoms with Crippen molar-refractivity contribution < 1.29 is 9.59 Å². The van der Waals surface area contributed by atoms with Gasteiger partial charge in [0.15, 0.2) is 5.13 Å². The SMILES string of the molecule is Cc1cc(C)c2nc(NC(=O)C3CCN(C(=O)c4ccc(Cl)cc4)CC3)sc2c1. The molecule has 0 bridgehead atoms. The molecular weight excluding hydrogens is 406 g/mol. The minimum Gasteiger partial charge on any atom is -0.339 e. The first-order chi connectivity index (χ1) is 13.9. The fourth-order valence-corrected chi connectivity index (χ4v) is 4.92. The number of hydrogen-bond acceptors (Lipinski definition) is 4. The Labute approximate surface area is 178 Å². The van der Waals surface area contributed by atoms with Crippen LogP contribution in [0.5, 0.6) is 0 Å². The Balaban J connectivity index is 1.37. The maximum absolute atomic E-state index is 12.7. The van der Waals surface area contributed by atoms with E-state index in [2.05, 4.69) is 29.4 Å². The van der Waals surface area contributed by atoms with Gasteiger partial charge in [-0.15, -0.1) is 0 Å². The Bertz CT molecular complexity index is 1070. The van der Waals surface area contributed by atoms with E-state index >= 15 is 0 Å². The molecule has 5 nitrogen and oxygen atoms in total. The summed E-state index contributed by atoms with van der Waals surface area (Å²) in [6.07, 6.45) is 1.29. The van der Waals surface area contributed by atoms with Crippen molar-refractivity contribution in [3.63, 3.8) is 0 Å². The summed E-state index contributed by atoms with van der Waals surface area (Å²) < 4.78 is 1.08. The summed E-state index contributed by atoms with van der Waals surface area (Å²) in [5, 5.41) is 4.23. The fourth-order valence-electron chi connectivity index (χ4n) is 3.75. The van der Waals surface area contributed by atoms with Crippen LogP contribution in [0.25, 0.3) is 10.2 Å². The summed E-state index contributed by atoms with van der Waals surface area (Å²) in [7, 11) is 0. The topological polar surface area (TPSA) is 62.3 Å². The van der Waals surface area contributed by atoms with Gasteiger partial charge in [0.1, 0.15) is 0 Å². The van der Waals surface area contributed by atoms with Crippen molar-refractivity contribution in [2.24, 2.45) is 5.92 Å². The zero-order chi connectivity index (χ0) is 20.5. The minimum atomic E-state index is -0.112. The molecule has 0 unspecified atom stereocenters. The molecule has 0 radical (unpaired) electrons. The van der Waals surface area contributed by atoms with Gasteiger partial charge < -0.3 is 10.2 Å². The van der Waals surface area contributed by atoms with E-state index in [1.165, 1.54) is 16.9 Å². The molecule has 1 aliphatic rings. The highest BCUT2D eigenvalue weighted by molar-refractivity contribution is 7.22. The number of rotatable bonds is 3. The molecule has 1 saturated heterocycles. The lowest BCUT2D eigenvalue weighted by molar-refractivity contribution is -0.121. The van der Waals surface area contributed by atoms with E-state index < -0.39 is 0 Å². The lowest BCUT2D eigenvalue weighted by Crippen LogP contribution is -2.41. The fraction of sp³-hybridized carbons (Fsp3) is 0.318. The number of amides is 2. The van der Waals surface area contributed by atoms with E-state index in [0.29, 0.717) is 41.6 Å². The van der Waals surface area contributed by atoms with E-state index in [9.17, 15) is 9.59 Å². The number of benzene rings is 2. The molecule has 150 valence electrons. The lowest BCUT2D eigenvalue weighted by atomic mass is 9.95. The second-order valence-corrected chi connectivity index (χ2v) is 8.98. The summed E-state index contributed by atoms with van der Waals surface area (Å²) in [5.74, 6) is -0.145. The third-order valence-electron chi connectivity index (χ3n) is 5.30. The molecule has 29 heavy (non-hydrogen) atoms. The molecule has 1 aliphatic heterocycles. The molecule has 1 aromatic heterocycles. The molecule has 1 N–H and O–H groups in total. The maximum atomic E-state index is 12.7. The first-order valence-electron chi connectivity index (χ1n) is 9.64. The van der Waals surface area contributed by atoms with E-state index in [4.69, 9.17) is 11.6 Å². The molecule has 3 aromatic rings. The lowest BCUT2D eigenvalue weighted by Gasteiger charge is -2.31. The third-order valence-corrected chi connectivity index (χ3v) is 6.47. The van der Waals surface area contributed by atoms with Gasteiger partial charge in [-0.2, -0.15) is 0 Å². The van der Waals surface area contributed by atoms with Crippen LogP contribution in [0.1, 0.15) is 34.3 Å². The molecule has 7 heteroatoms. The van der Waals surface area contributed by atoms with Crippen LogP contribution in [0, 0.1) is 19.8 Å². The van der Waals surface area contributed by atoms with Crippen molar-refractivity contribution in [3.05, 3.63) is 58.1 Å². The van der Waals surface area contributed by atoms with Crippen LogP contribution in [0.15, 0.2) is 36.4 Å².